The average molecular weight is 267 g/mol. The third-order valence-electron chi connectivity index (χ3n) is 3.21. The largest absolute Gasteiger partial charge is 0.463 e. The van der Waals surface area contributed by atoms with E-state index < -0.39 is 5.97 Å². The topological polar surface area (TPSA) is 51.9 Å². The van der Waals surface area contributed by atoms with Gasteiger partial charge in [0.1, 0.15) is 5.76 Å². The smallest absolute Gasteiger partial charge is 0.374 e. The maximum Gasteiger partial charge on any atom is 0.374 e. The van der Waals surface area contributed by atoms with Crippen LogP contribution in [-0.2, 0) is 16.0 Å². The Morgan fingerprint density at radius 3 is 2.63 bits per heavy atom. The fourth-order valence-corrected chi connectivity index (χ4v) is 2.56. The molecule has 1 saturated heterocycles. The summed E-state index contributed by atoms with van der Waals surface area (Å²) in [6.45, 7) is 8.42. The highest BCUT2D eigenvalue weighted by molar-refractivity contribution is 5.87. The van der Waals surface area contributed by atoms with Gasteiger partial charge in [0.15, 0.2) is 0 Å². The third-order valence-corrected chi connectivity index (χ3v) is 3.21. The molecule has 5 heteroatoms. The highest BCUT2D eigenvalue weighted by Gasteiger charge is 2.24. The van der Waals surface area contributed by atoms with Crippen molar-refractivity contribution in [1.29, 1.82) is 0 Å². The van der Waals surface area contributed by atoms with Crippen LogP contribution in [0.3, 0.4) is 0 Å². The maximum atomic E-state index is 11.5. The summed E-state index contributed by atoms with van der Waals surface area (Å²) < 4.78 is 16.0. The molecule has 2 rings (SSSR count). The van der Waals surface area contributed by atoms with E-state index in [0.29, 0.717) is 12.3 Å². The first-order valence-corrected chi connectivity index (χ1v) is 6.55. The van der Waals surface area contributed by atoms with Crippen LogP contribution in [-0.4, -0.2) is 43.3 Å². The monoisotopic (exact) mass is 267 g/mol. The normalized spacial score (nSPS) is 24.4. The van der Waals surface area contributed by atoms with Crippen LogP contribution in [0.4, 0.5) is 0 Å². The molecular weight excluding hydrogens is 246 g/mol. The highest BCUT2D eigenvalue weighted by Crippen LogP contribution is 2.19. The number of ether oxygens (including phenoxy) is 2. The lowest BCUT2D eigenvalue weighted by Gasteiger charge is -2.34. The number of carbonyl (C=O) groups excluding carboxylic acids is 1. The molecular formula is C14H21NO4. The van der Waals surface area contributed by atoms with E-state index in [-0.39, 0.29) is 12.2 Å². The van der Waals surface area contributed by atoms with E-state index in [1.807, 2.05) is 13.0 Å². The number of hydrogen-bond acceptors (Lipinski definition) is 5. The van der Waals surface area contributed by atoms with E-state index >= 15 is 0 Å². The number of morpholine rings is 1. The lowest BCUT2D eigenvalue weighted by atomic mass is 10.2. The maximum absolute atomic E-state index is 11.5. The number of hydrogen-bond donors (Lipinski definition) is 0. The second-order valence-corrected chi connectivity index (χ2v) is 5.17. The van der Waals surface area contributed by atoms with E-state index in [0.717, 1.165) is 24.4 Å². The number of methoxy groups -OCH3 is 1. The number of rotatable bonds is 3. The Bertz CT molecular complexity index is 444. The summed E-state index contributed by atoms with van der Waals surface area (Å²) in [5, 5.41) is 0. The van der Waals surface area contributed by atoms with Gasteiger partial charge in [0.2, 0.25) is 5.76 Å². The molecule has 0 aromatic carbocycles. The van der Waals surface area contributed by atoms with Crippen LogP contribution in [0.2, 0.25) is 0 Å². The van der Waals surface area contributed by atoms with Crippen LogP contribution in [0, 0.1) is 6.92 Å². The molecule has 0 N–H and O–H groups in total. The van der Waals surface area contributed by atoms with Gasteiger partial charge in [-0.15, -0.1) is 0 Å². The fourth-order valence-electron chi connectivity index (χ4n) is 2.56. The number of esters is 1. The Labute approximate surface area is 113 Å². The summed E-state index contributed by atoms with van der Waals surface area (Å²) >= 11 is 0. The molecule has 1 aliphatic rings. The van der Waals surface area contributed by atoms with Gasteiger partial charge in [-0.3, -0.25) is 4.90 Å². The van der Waals surface area contributed by atoms with Gasteiger partial charge in [0, 0.05) is 18.7 Å². The SMILES string of the molecule is COC(=O)c1oc(CN2C[C@@H](C)O[C@@H](C)C2)cc1C. The van der Waals surface area contributed by atoms with Crippen LogP contribution >= 0.6 is 0 Å². The van der Waals surface area contributed by atoms with E-state index in [1.54, 1.807) is 0 Å². The van der Waals surface area contributed by atoms with Crippen LogP contribution < -0.4 is 0 Å². The Balaban J connectivity index is 2.05. The minimum absolute atomic E-state index is 0.222. The molecule has 1 aromatic heterocycles. The van der Waals surface area contributed by atoms with Crippen molar-refractivity contribution < 1.29 is 18.7 Å². The summed E-state index contributed by atoms with van der Waals surface area (Å²) in [4.78, 5) is 13.8. The van der Waals surface area contributed by atoms with Crippen LogP contribution in [0.15, 0.2) is 10.5 Å². The molecule has 1 aliphatic heterocycles. The van der Waals surface area contributed by atoms with Crippen molar-refractivity contribution in [2.45, 2.75) is 39.5 Å². The molecule has 0 radical (unpaired) electrons. The van der Waals surface area contributed by atoms with E-state index in [9.17, 15) is 4.79 Å². The van der Waals surface area contributed by atoms with E-state index in [1.165, 1.54) is 7.11 Å². The molecule has 0 saturated carbocycles. The molecule has 2 heterocycles. The van der Waals surface area contributed by atoms with Gasteiger partial charge < -0.3 is 13.9 Å². The summed E-state index contributed by atoms with van der Waals surface area (Å²) in [6.07, 6.45) is 0.444. The molecule has 19 heavy (non-hydrogen) atoms. The Morgan fingerprint density at radius 1 is 1.42 bits per heavy atom. The van der Waals surface area contributed by atoms with Gasteiger partial charge in [-0.25, -0.2) is 4.79 Å². The van der Waals surface area contributed by atoms with Gasteiger partial charge in [0.25, 0.3) is 0 Å². The lowest BCUT2D eigenvalue weighted by Crippen LogP contribution is -2.44. The number of aryl methyl sites for hydroxylation is 1. The minimum atomic E-state index is -0.424. The molecule has 2 atom stereocenters. The fraction of sp³-hybridized carbons (Fsp3) is 0.643. The second-order valence-electron chi connectivity index (χ2n) is 5.17. The molecule has 1 fully saturated rings. The lowest BCUT2D eigenvalue weighted by molar-refractivity contribution is -0.0719. The first-order valence-electron chi connectivity index (χ1n) is 6.55. The molecule has 0 aliphatic carbocycles. The van der Waals surface area contributed by atoms with Crippen LogP contribution in [0.25, 0.3) is 0 Å². The molecule has 0 bridgehead atoms. The average Bonchev–Trinajstić information content (AvgIpc) is 2.68. The summed E-state index contributed by atoms with van der Waals surface area (Å²) in [5.74, 6) is 0.665. The zero-order valence-electron chi connectivity index (χ0n) is 11.9. The van der Waals surface area contributed by atoms with Gasteiger partial charge in [-0.1, -0.05) is 0 Å². The summed E-state index contributed by atoms with van der Waals surface area (Å²) in [6, 6.07) is 1.90. The van der Waals surface area contributed by atoms with Crippen molar-refractivity contribution in [3.05, 3.63) is 23.2 Å². The first kappa shape index (κ1) is 14.1. The molecule has 106 valence electrons. The van der Waals surface area contributed by atoms with Crippen molar-refractivity contribution in [3.8, 4) is 0 Å². The number of furan rings is 1. The van der Waals surface area contributed by atoms with Crippen molar-refractivity contribution in [1.82, 2.24) is 4.90 Å². The van der Waals surface area contributed by atoms with Gasteiger partial charge in [-0.05, 0) is 26.8 Å². The number of nitrogens with zero attached hydrogens (tertiary/aromatic N) is 1. The van der Waals surface area contributed by atoms with Crippen molar-refractivity contribution >= 4 is 5.97 Å². The van der Waals surface area contributed by atoms with Crippen molar-refractivity contribution in [3.63, 3.8) is 0 Å². The Hall–Kier alpha value is -1.33. The van der Waals surface area contributed by atoms with Crippen LogP contribution in [0.1, 0.15) is 35.7 Å². The van der Waals surface area contributed by atoms with Gasteiger partial charge >= 0.3 is 5.97 Å². The summed E-state index contributed by atoms with van der Waals surface area (Å²) in [7, 11) is 1.36. The predicted molar refractivity (Wildman–Crippen MR) is 70.1 cm³/mol. The molecule has 0 unspecified atom stereocenters. The molecule has 0 amide bonds. The first-order chi connectivity index (χ1) is 8.99. The second kappa shape index (κ2) is 5.75. The molecule has 1 aromatic rings. The Kier molecular flexibility index (Phi) is 4.27. The zero-order chi connectivity index (χ0) is 14.0. The van der Waals surface area contributed by atoms with E-state index in [4.69, 9.17) is 9.15 Å². The van der Waals surface area contributed by atoms with Crippen molar-refractivity contribution in [2.24, 2.45) is 0 Å². The highest BCUT2D eigenvalue weighted by atomic mass is 16.5. The third kappa shape index (κ3) is 3.36. The minimum Gasteiger partial charge on any atom is -0.463 e. The predicted octanol–water partition coefficient (Wildman–Crippen LogP) is 1.98. The Morgan fingerprint density at radius 2 is 2.05 bits per heavy atom. The quantitative estimate of drug-likeness (QED) is 0.784. The van der Waals surface area contributed by atoms with Crippen molar-refractivity contribution in [2.75, 3.05) is 20.2 Å². The van der Waals surface area contributed by atoms with Crippen LogP contribution in [0.5, 0.6) is 0 Å². The summed E-state index contributed by atoms with van der Waals surface area (Å²) in [5.41, 5.74) is 0.816. The standard InChI is InChI=1S/C14H21NO4/c1-9-5-12(19-13(9)14(16)17-4)8-15-6-10(2)18-11(3)7-15/h5,10-11H,6-8H2,1-4H3/t10-,11+. The van der Waals surface area contributed by atoms with Gasteiger partial charge in [0.05, 0.1) is 25.9 Å². The molecule has 5 nitrogen and oxygen atoms in total. The molecule has 0 spiro atoms. The number of carbonyl (C=O) groups is 1. The van der Waals surface area contributed by atoms with E-state index in [2.05, 4.69) is 23.5 Å². The zero-order valence-corrected chi connectivity index (χ0v) is 11.9. The van der Waals surface area contributed by atoms with Gasteiger partial charge in [-0.2, -0.15) is 0 Å².